The van der Waals surface area contributed by atoms with E-state index in [1.807, 2.05) is 0 Å². The molecule has 0 fully saturated rings. The van der Waals surface area contributed by atoms with E-state index in [1.165, 1.54) is 19.2 Å². The standard InChI is InChI=1S/C14H9F3O2/c1-19-12-7-8(5-6-10(12)15)14(18)9-3-2-4-11(16)13(9)17/h2-7H,1H3. The molecule has 0 aliphatic rings. The van der Waals surface area contributed by atoms with Crippen molar-refractivity contribution in [2.24, 2.45) is 0 Å². The highest BCUT2D eigenvalue weighted by Gasteiger charge is 2.18. The van der Waals surface area contributed by atoms with E-state index in [4.69, 9.17) is 4.74 Å². The smallest absolute Gasteiger partial charge is 0.196 e. The first kappa shape index (κ1) is 13.1. The van der Waals surface area contributed by atoms with Crippen molar-refractivity contribution in [2.45, 2.75) is 0 Å². The summed E-state index contributed by atoms with van der Waals surface area (Å²) in [7, 11) is 1.25. The molecule has 2 rings (SSSR count). The van der Waals surface area contributed by atoms with Crippen LogP contribution in [-0.2, 0) is 0 Å². The van der Waals surface area contributed by atoms with Gasteiger partial charge in [0.15, 0.2) is 29.0 Å². The summed E-state index contributed by atoms with van der Waals surface area (Å²) in [5.74, 6) is -3.85. The topological polar surface area (TPSA) is 26.3 Å². The van der Waals surface area contributed by atoms with Gasteiger partial charge in [-0.15, -0.1) is 0 Å². The third kappa shape index (κ3) is 2.45. The molecule has 0 aliphatic heterocycles. The summed E-state index contributed by atoms with van der Waals surface area (Å²) in [6.45, 7) is 0. The van der Waals surface area contributed by atoms with Gasteiger partial charge in [0.2, 0.25) is 0 Å². The second-order valence-electron chi connectivity index (χ2n) is 3.78. The Kier molecular flexibility index (Phi) is 3.55. The molecule has 0 aromatic heterocycles. The first-order chi connectivity index (χ1) is 9.04. The van der Waals surface area contributed by atoms with E-state index >= 15 is 0 Å². The van der Waals surface area contributed by atoms with Crippen molar-refractivity contribution in [3.8, 4) is 5.75 Å². The summed E-state index contributed by atoms with van der Waals surface area (Å²) in [5, 5.41) is 0. The van der Waals surface area contributed by atoms with Crippen LogP contribution in [0.3, 0.4) is 0 Å². The molecule has 5 heteroatoms. The number of ketones is 1. The monoisotopic (exact) mass is 266 g/mol. The maximum absolute atomic E-state index is 13.5. The number of ether oxygens (including phenoxy) is 1. The summed E-state index contributed by atoms with van der Waals surface area (Å²) in [6, 6.07) is 6.66. The van der Waals surface area contributed by atoms with Crippen LogP contribution in [0.5, 0.6) is 5.75 Å². The van der Waals surface area contributed by atoms with Gasteiger partial charge in [-0.05, 0) is 30.3 Å². The average Bonchev–Trinajstić information content (AvgIpc) is 2.41. The number of halogens is 3. The van der Waals surface area contributed by atoms with Crippen molar-refractivity contribution in [3.63, 3.8) is 0 Å². The van der Waals surface area contributed by atoms with Gasteiger partial charge < -0.3 is 4.74 Å². The molecule has 0 saturated heterocycles. The largest absolute Gasteiger partial charge is 0.494 e. The zero-order valence-electron chi connectivity index (χ0n) is 9.91. The van der Waals surface area contributed by atoms with Crippen LogP contribution in [-0.4, -0.2) is 12.9 Å². The predicted octanol–water partition coefficient (Wildman–Crippen LogP) is 3.34. The molecule has 2 nitrogen and oxygen atoms in total. The van der Waals surface area contributed by atoms with E-state index in [-0.39, 0.29) is 11.3 Å². The summed E-state index contributed by atoms with van der Waals surface area (Å²) >= 11 is 0. The number of carbonyl (C=O) groups is 1. The Morgan fingerprint density at radius 2 is 1.79 bits per heavy atom. The van der Waals surface area contributed by atoms with Gasteiger partial charge in [0, 0.05) is 5.56 Å². The van der Waals surface area contributed by atoms with Crippen molar-refractivity contribution in [2.75, 3.05) is 7.11 Å². The molecule has 98 valence electrons. The zero-order valence-corrected chi connectivity index (χ0v) is 9.91. The molecule has 0 spiro atoms. The Hall–Kier alpha value is -2.30. The fourth-order valence-corrected chi connectivity index (χ4v) is 1.64. The van der Waals surface area contributed by atoms with Crippen LogP contribution in [0.4, 0.5) is 13.2 Å². The van der Waals surface area contributed by atoms with Gasteiger partial charge in [-0.3, -0.25) is 4.79 Å². The molecule has 0 saturated carbocycles. The van der Waals surface area contributed by atoms with E-state index < -0.39 is 28.8 Å². The number of benzene rings is 2. The fourth-order valence-electron chi connectivity index (χ4n) is 1.64. The third-order valence-electron chi connectivity index (χ3n) is 2.61. The molecule has 0 unspecified atom stereocenters. The Labute approximate surface area is 107 Å². The van der Waals surface area contributed by atoms with Gasteiger partial charge in [0.05, 0.1) is 12.7 Å². The molecular formula is C14H9F3O2. The molecule has 0 aliphatic carbocycles. The van der Waals surface area contributed by atoms with Gasteiger partial charge in [-0.1, -0.05) is 6.07 Å². The maximum atomic E-state index is 13.5. The van der Waals surface area contributed by atoms with Crippen LogP contribution >= 0.6 is 0 Å². The molecule has 2 aromatic carbocycles. The highest BCUT2D eigenvalue weighted by molar-refractivity contribution is 6.09. The van der Waals surface area contributed by atoms with Crippen molar-refractivity contribution in [3.05, 3.63) is 65.0 Å². The maximum Gasteiger partial charge on any atom is 0.196 e. The minimum absolute atomic E-state index is 0.0164. The molecule has 0 amide bonds. The van der Waals surface area contributed by atoms with E-state index in [2.05, 4.69) is 0 Å². The summed E-state index contributed by atoms with van der Waals surface area (Å²) in [6.07, 6.45) is 0. The molecule has 2 aromatic rings. The third-order valence-corrected chi connectivity index (χ3v) is 2.61. The van der Waals surface area contributed by atoms with Crippen LogP contribution < -0.4 is 4.74 Å². The molecule has 0 N–H and O–H groups in total. The van der Waals surface area contributed by atoms with Crippen LogP contribution in [0.25, 0.3) is 0 Å². The molecule has 0 radical (unpaired) electrons. The first-order valence-corrected chi connectivity index (χ1v) is 5.37. The zero-order chi connectivity index (χ0) is 14.0. The predicted molar refractivity (Wildman–Crippen MR) is 62.7 cm³/mol. The number of hydrogen-bond acceptors (Lipinski definition) is 2. The van der Waals surface area contributed by atoms with Gasteiger partial charge in [0.25, 0.3) is 0 Å². The molecular weight excluding hydrogens is 257 g/mol. The minimum atomic E-state index is -1.23. The highest BCUT2D eigenvalue weighted by atomic mass is 19.2. The van der Waals surface area contributed by atoms with E-state index in [0.29, 0.717) is 0 Å². The lowest BCUT2D eigenvalue weighted by molar-refractivity contribution is 0.103. The number of methoxy groups -OCH3 is 1. The lowest BCUT2D eigenvalue weighted by Gasteiger charge is -2.06. The number of carbonyl (C=O) groups excluding carboxylic acids is 1. The quantitative estimate of drug-likeness (QED) is 0.796. The van der Waals surface area contributed by atoms with E-state index in [1.54, 1.807) is 0 Å². The second-order valence-corrected chi connectivity index (χ2v) is 3.78. The summed E-state index contributed by atoms with van der Waals surface area (Å²) < 4.78 is 44.5. The summed E-state index contributed by atoms with van der Waals surface area (Å²) in [4.78, 5) is 12.0. The lowest BCUT2D eigenvalue weighted by atomic mass is 10.0. The lowest BCUT2D eigenvalue weighted by Crippen LogP contribution is -2.06. The molecule has 0 heterocycles. The van der Waals surface area contributed by atoms with E-state index in [0.717, 1.165) is 24.3 Å². The molecule has 0 atom stereocenters. The number of hydrogen-bond donors (Lipinski definition) is 0. The van der Waals surface area contributed by atoms with Crippen LogP contribution in [0, 0.1) is 17.5 Å². The van der Waals surface area contributed by atoms with Crippen molar-refractivity contribution in [1.29, 1.82) is 0 Å². The highest BCUT2D eigenvalue weighted by Crippen LogP contribution is 2.22. The van der Waals surface area contributed by atoms with Crippen LogP contribution in [0.1, 0.15) is 15.9 Å². The van der Waals surface area contributed by atoms with Gasteiger partial charge in [-0.2, -0.15) is 0 Å². The molecule has 0 bridgehead atoms. The minimum Gasteiger partial charge on any atom is -0.494 e. The normalized spacial score (nSPS) is 10.3. The van der Waals surface area contributed by atoms with Crippen LogP contribution in [0.2, 0.25) is 0 Å². The SMILES string of the molecule is COc1cc(C(=O)c2cccc(F)c2F)ccc1F. The van der Waals surface area contributed by atoms with Crippen molar-refractivity contribution in [1.82, 2.24) is 0 Å². The second kappa shape index (κ2) is 5.14. The average molecular weight is 266 g/mol. The Morgan fingerprint density at radius 3 is 2.47 bits per heavy atom. The fraction of sp³-hybridized carbons (Fsp3) is 0.0714. The number of rotatable bonds is 3. The van der Waals surface area contributed by atoms with Gasteiger partial charge in [-0.25, -0.2) is 13.2 Å². The first-order valence-electron chi connectivity index (χ1n) is 5.37. The van der Waals surface area contributed by atoms with E-state index in [9.17, 15) is 18.0 Å². The van der Waals surface area contributed by atoms with Crippen LogP contribution in [0.15, 0.2) is 36.4 Å². The molecule has 19 heavy (non-hydrogen) atoms. The summed E-state index contributed by atoms with van der Waals surface area (Å²) in [5.41, 5.74) is -0.392. The van der Waals surface area contributed by atoms with Crippen molar-refractivity contribution >= 4 is 5.78 Å². The Morgan fingerprint density at radius 1 is 1.05 bits per heavy atom. The Bertz CT molecular complexity index is 639. The van der Waals surface area contributed by atoms with Gasteiger partial charge >= 0.3 is 0 Å². The van der Waals surface area contributed by atoms with Gasteiger partial charge in [0.1, 0.15) is 0 Å². The van der Waals surface area contributed by atoms with Crippen molar-refractivity contribution < 1.29 is 22.7 Å². The Balaban J connectivity index is 2.47.